The molecule has 0 atom stereocenters. The van der Waals surface area contributed by atoms with E-state index in [0.717, 1.165) is 19.8 Å². The second-order valence-electron chi connectivity index (χ2n) is 3.80. The van der Waals surface area contributed by atoms with E-state index in [-0.39, 0.29) is 0 Å². The van der Waals surface area contributed by atoms with Crippen molar-refractivity contribution in [1.29, 1.82) is 0 Å². The molecule has 0 saturated heterocycles. The Bertz CT molecular complexity index is 683. The van der Waals surface area contributed by atoms with Crippen LogP contribution in [0.4, 0.5) is 0 Å². The summed E-state index contributed by atoms with van der Waals surface area (Å²) in [6, 6.07) is 17.8. The maximum Gasteiger partial charge on any atom is 0.179 e. The Morgan fingerprint density at radius 3 is 2.58 bits per heavy atom. The van der Waals surface area contributed by atoms with Crippen LogP contribution in [0.5, 0.6) is 0 Å². The topological polar surface area (TPSA) is 25.8 Å². The number of hydrogen-bond acceptors (Lipinski definition) is 4. The lowest BCUT2D eigenvalue weighted by Gasteiger charge is -1.95. The first-order chi connectivity index (χ1) is 9.31. The minimum absolute atomic E-state index is 0.713. The van der Waals surface area contributed by atoms with Gasteiger partial charge in [0.15, 0.2) is 4.34 Å². The molecule has 0 unspecified atom stereocenters. The van der Waals surface area contributed by atoms with Gasteiger partial charge >= 0.3 is 0 Å². The van der Waals surface area contributed by atoms with Crippen molar-refractivity contribution in [3.63, 3.8) is 0 Å². The average Bonchev–Trinajstić information content (AvgIpc) is 2.88. The van der Waals surface area contributed by atoms with Gasteiger partial charge in [0, 0.05) is 15.5 Å². The SMILES string of the molecule is Clc1cccc(-c2nnc(Sc3ccccc3)s2)c1. The first-order valence-electron chi connectivity index (χ1n) is 5.63. The third kappa shape index (κ3) is 3.15. The van der Waals surface area contributed by atoms with Gasteiger partial charge in [-0.1, -0.05) is 65.0 Å². The fourth-order valence-electron chi connectivity index (χ4n) is 1.58. The summed E-state index contributed by atoms with van der Waals surface area (Å²) >= 11 is 9.17. The molecule has 5 heteroatoms. The minimum Gasteiger partial charge on any atom is -0.137 e. The molecule has 0 N–H and O–H groups in total. The Morgan fingerprint density at radius 2 is 1.79 bits per heavy atom. The van der Waals surface area contributed by atoms with Crippen LogP contribution in [0.2, 0.25) is 5.02 Å². The first kappa shape index (κ1) is 12.7. The molecule has 2 aromatic carbocycles. The van der Waals surface area contributed by atoms with E-state index in [9.17, 15) is 0 Å². The van der Waals surface area contributed by atoms with Crippen molar-refractivity contribution < 1.29 is 0 Å². The van der Waals surface area contributed by atoms with Crippen LogP contribution in [0.25, 0.3) is 10.6 Å². The van der Waals surface area contributed by atoms with Gasteiger partial charge in [-0.3, -0.25) is 0 Å². The Kier molecular flexibility index (Phi) is 3.82. The Labute approximate surface area is 124 Å². The van der Waals surface area contributed by atoms with Crippen molar-refractivity contribution in [1.82, 2.24) is 10.2 Å². The molecule has 0 bridgehead atoms. The summed E-state index contributed by atoms with van der Waals surface area (Å²) in [5, 5.41) is 10.0. The van der Waals surface area contributed by atoms with E-state index in [4.69, 9.17) is 11.6 Å². The summed E-state index contributed by atoms with van der Waals surface area (Å²) in [5.41, 5.74) is 1.00. The highest BCUT2D eigenvalue weighted by Crippen LogP contribution is 2.34. The van der Waals surface area contributed by atoms with Gasteiger partial charge in [-0.05, 0) is 24.3 Å². The first-order valence-corrected chi connectivity index (χ1v) is 7.65. The van der Waals surface area contributed by atoms with Gasteiger partial charge in [-0.15, -0.1) is 10.2 Å². The minimum atomic E-state index is 0.713. The number of hydrogen-bond donors (Lipinski definition) is 0. The predicted octanol–water partition coefficient (Wildman–Crippen LogP) is 5.01. The van der Waals surface area contributed by atoms with Gasteiger partial charge in [-0.2, -0.15) is 0 Å². The van der Waals surface area contributed by atoms with Crippen molar-refractivity contribution in [2.24, 2.45) is 0 Å². The summed E-state index contributed by atoms with van der Waals surface area (Å²) in [6.45, 7) is 0. The molecular formula is C14H9ClN2S2. The molecule has 0 radical (unpaired) electrons. The number of halogens is 1. The molecule has 3 rings (SSSR count). The molecule has 0 aliphatic heterocycles. The van der Waals surface area contributed by atoms with Gasteiger partial charge in [0.2, 0.25) is 0 Å². The Morgan fingerprint density at radius 1 is 0.947 bits per heavy atom. The van der Waals surface area contributed by atoms with Crippen molar-refractivity contribution >= 4 is 34.7 Å². The summed E-state index contributed by atoms with van der Waals surface area (Å²) in [5.74, 6) is 0. The molecular weight excluding hydrogens is 296 g/mol. The molecule has 1 heterocycles. The van der Waals surface area contributed by atoms with Gasteiger partial charge < -0.3 is 0 Å². The third-order valence-corrected chi connectivity index (χ3v) is 4.69. The standard InChI is InChI=1S/C14H9ClN2S2/c15-11-6-4-5-10(9-11)13-16-17-14(19-13)18-12-7-2-1-3-8-12/h1-9H. The van der Waals surface area contributed by atoms with E-state index in [0.29, 0.717) is 5.02 Å². The molecule has 0 amide bonds. The predicted molar refractivity (Wildman–Crippen MR) is 80.9 cm³/mol. The van der Waals surface area contributed by atoms with Crippen LogP contribution >= 0.6 is 34.7 Å². The summed E-state index contributed by atoms with van der Waals surface area (Å²) in [4.78, 5) is 1.16. The van der Waals surface area contributed by atoms with Crippen molar-refractivity contribution in [2.75, 3.05) is 0 Å². The van der Waals surface area contributed by atoms with Crippen LogP contribution in [-0.2, 0) is 0 Å². The van der Waals surface area contributed by atoms with E-state index in [1.54, 1.807) is 23.1 Å². The lowest BCUT2D eigenvalue weighted by atomic mass is 10.2. The highest BCUT2D eigenvalue weighted by molar-refractivity contribution is 8.01. The molecule has 1 aromatic heterocycles. The van der Waals surface area contributed by atoms with Gasteiger partial charge in [-0.25, -0.2) is 0 Å². The number of nitrogens with zero attached hydrogens (tertiary/aromatic N) is 2. The van der Waals surface area contributed by atoms with Gasteiger partial charge in [0.1, 0.15) is 5.01 Å². The normalized spacial score (nSPS) is 10.6. The largest absolute Gasteiger partial charge is 0.179 e. The maximum absolute atomic E-state index is 5.98. The number of benzene rings is 2. The smallest absolute Gasteiger partial charge is 0.137 e. The van der Waals surface area contributed by atoms with E-state index in [1.807, 2.05) is 42.5 Å². The zero-order valence-corrected chi connectivity index (χ0v) is 12.2. The van der Waals surface area contributed by atoms with Crippen molar-refractivity contribution in [3.05, 3.63) is 59.6 Å². The molecule has 0 aliphatic carbocycles. The maximum atomic E-state index is 5.98. The van der Waals surface area contributed by atoms with Crippen LogP contribution in [0.15, 0.2) is 63.8 Å². The fourth-order valence-corrected chi connectivity index (χ4v) is 3.61. The lowest BCUT2D eigenvalue weighted by molar-refractivity contribution is 1.01. The second-order valence-corrected chi connectivity index (χ2v) is 6.53. The van der Waals surface area contributed by atoms with E-state index < -0.39 is 0 Å². The molecule has 3 aromatic rings. The monoisotopic (exact) mass is 304 g/mol. The molecule has 2 nitrogen and oxygen atoms in total. The van der Waals surface area contributed by atoms with Crippen LogP contribution in [0, 0.1) is 0 Å². The molecule has 0 saturated carbocycles. The van der Waals surface area contributed by atoms with Crippen LogP contribution in [0.1, 0.15) is 0 Å². The fraction of sp³-hybridized carbons (Fsp3) is 0. The highest BCUT2D eigenvalue weighted by atomic mass is 35.5. The zero-order chi connectivity index (χ0) is 13.1. The molecule has 0 aliphatic rings. The van der Waals surface area contributed by atoms with Crippen LogP contribution in [-0.4, -0.2) is 10.2 Å². The number of aromatic nitrogens is 2. The molecule has 0 spiro atoms. The summed E-state index contributed by atoms with van der Waals surface area (Å²) < 4.78 is 0.932. The number of rotatable bonds is 3. The lowest BCUT2D eigenvalue weighted by Crippen LogP contribution is -1.76. The molecule has 19 heavy (non-hydrogen) atoms. The van der Waals surface area contributed by atoms with Crippen molar-refractivity contribution in [3.8, 4) is 10.6 Å². The molecule has 0 fully saturated rings. The van der Waals surface area contributed by atoms with E-state index in [2.05, 4.69) is 22.3 Å². The summed E-state index contributed by atoms with van der Waals surface area (Å²) in [6.07, 6.45) is 0. The summed E-state index contributed by atoms with van der Waals surface area (Å²) in [7, 11) is 0. The van der Waals surface area contributed by atoms with E-state index >= 15 is 0 Å². The van der Waals surface area contributed by atoms with Crippen molar-refractivity contribution in [2.45, 2.75) is 9.24 Å². The average molecular weight is 305 g/mol. The van der Waals surface area contributed by atoms with Crippen LogP contribution < -0.4 is 0 Å². The zero-order valence-electron chi connectivity index (χ0n) is 9.79. The van der Waals surface area contributed by atoms with E-state index in [1.165, 1.54) is 0 Å². The Hall–Kier alpha value is -1.36. The van der Waals surface area contributed by atoms with Gasteiger partial charge in [0.25, 0.3) is 0 Å². The van der Waals surface area contributed by atoms with Crippen LogP contribution in [0.3, 0.4) is 0 Å². The van der Waals surface area contributed by atoms with Gasteiger partial charge in [0.05, 0.1) is 0 Å². The quantitative estimate of drug-likeness (QED) is 0.680. The molecule has 94 valence electrons. The third-order valence-electron chi connectivity index (χ3n) is 2.43. The second kappa shape index (κ2) is 5.74. The highest BCUT2D eigenvalue weighted by Gasteiger charge is 2.08. The Balaban J connectivity index is 1.84.